The van der Waals surface area contributed by atoms with Gasteiger partial charge in [-0.3, -0.25) is 0 Å². The van der Waals surface area contributed by atoms with E-state index in [0.29, 0.717) is 11.1 Å². The van der Waals surface area contributed by atoms with E-state index in [1.807, 2.05) is 0 Å². The molecule has 0 amide bonds. The molecule has 0 heterocycles. The van der Waals surface area contributed by atoms with E-state index in [1.165, 1.54) is 6.92 Å². The van der Waals surface area contributed by atoms with Crippen LogP contribution >= 0.6 is 0 Å². The average Bonchev–Trinajstić information content (AvgIpc) is 1.99. The highest BCUT2D eigenvalue weighted by molar-refractivity contribution is 5.97. The van der Waals surface area contributed by atoms with Crippen molar-refractivity contribution in [2.24, 2.45) is 0 Å². The molecule has 0 aromatic heterocycles. The first-order valence-corrected chi connectivity index (χ1v) is 4.41. The Morgan fingerprint density at radius 3 is 1.94 bits per heavy atom. The van der Waals surface area contributed by atoms with Crippen LogP contribution in [-0.4, -0.2) is 17.0 Å². The summed E-state index contributed by atoms with van der Waals surface area (Å²) in [4.78, 5) is 21.7. The molecule has 4 heteroatoms. The topological polar surface area (TPSA) is 77.4 Å². The van der Waals surface area contributed by atoms with E-state index >= 15 is 0 Å². The fourth-order valence-electron chi connectivity index (χ4n) is 1.83. The van der Waals surface area contributed by atoms with Crippen LogP contribution in [0.1, 0.15) is 44.8 Å². The molecule has 0 aliphatic carbocycles. The minimum atomic E-state index is -1.34. The van der Waals surface area contributed by atoms with Crippen LogP contribution in [0.4, 0.5) is 0 Å². The molecule has 0 bridgehead atoms. The second kappa shape index (κ2) is 4.79. The molecule has 0 spiro atoms. The molecule has 0 unspecified atom stereocenters. The molecule has 0 fully saturated rings. The lowest BCUT2D eigenvalue weighted by molar-refractivity contribution is -0.255. The summed E-state index contributed by atoms with van der Waals surface area (Å²) in [6.07, 6.45) is 0. The van der Waals surface area contributed by atoms with Crippen molar-refractivity contribution in [3.8, 4) is 0 Å². The van der Waals surface area contributed by atoms with Crippen LogP contribution in [0.3, 0.4) is 0 Å². The molecule has 1 aromatic rings. The number of aromatic carboxylic acids is 2. The maximum Gasteiger partial charge on any atom is 0.336 e. The van der Waals surface area contributed by atoms with Crippen molar-refractivity contribution >= 4 is 11.9 Å². The van der Waals surface area contributed by atoms with Crippen molar-refractivity contribution in [3.63, 3.8) is 0 Å². The second-order valence-corrected chi connectivity index (χ2v) is 3.48. The van der Waals surface area contributed by atoms with Gasteiger partial charge in [0.2, 0.25) is 0 Å². The molecule has 1 N–H and O–H groups in total. The standard InChI is InChI=1S/C11H12O4.CH4/c1-5-4-6(2)9(11(14)15)7(3)8(5)10(12)13;/h4H,1-3H3,(H,12,13)(H,14,15);1H4/p-1. The van der Waals surface area contributed by atoms with Crippen molar-refractivity contribution in [1.82, 2.24) is 0 Å². The van der Waals surface area contributed by atoms with Crippen LogP contribution in [0.25, 0.3) is 0 Å². The first-order valence-electron chi connectivity index (χ1n) is 4.41. The zero-order chi connectivity index (χ0) is 11.7. The predicted molar refractivity (Wildman–Crippen MR) is 58.7 cm³/mol. The summed E-state index contributed by atoms with van der Waals surface area (Å²) in [6, 6.07) is 1.54. The second-order valence-electron chi connectivity index (χ2n) is 3.48. The van der Waals surface area contributed by atoms with Gasteiger partial charge in [-0.15, -0.1) is 0 Å². The Labute approximate surface area is 94.5 Å². The highest BCUT2D eigenvalue weighted by atomic mass is 16.4. The van der Waals surface area contributed by atoms with Gasteiger partial charge in [-0.05, 0) is 37.5 Å². The van der Waals surface area contributed by atoms with Crippen LogP contribution in [-0.2, 0) is 0 Å². The molecule has 0 saturated carbocycles. The number of carboxylic acid groups (broad SMARTS) is 2. The van der Waals surface area contributed by atoms with Crippen molar-refractivity contribution in [1.29, 1.82) is 0 Å². The lowest BCUT2D eigenvalue weighted by Crippen LogP contribution is -2.25. The van der Waals surface area contributed by atoms with Gasteiger partial charge in [0.25, 0.3) is 0 Å². The molecule has 1 aromatic carbocycles. The first-order chi connectivity index (χ1) is 6.86. The average molecular weight is 223 g/mol. The highest BCUT2D eigenvalue weighted by Gasteiger charge is 2.16. The molecule has 0 radical (unpaired) electrons. The van der Waals surface area contributed by atoms with Crippen molar-refractivity contribution in [2.75, 3.05) is 0 Å². The van der Waals surface area contributed by atoms with Crippen LogP contribution in [0.2, 0.25) is 0 Å². The molecule has 4 nitrogen and oxygen atoms in total. The van der Waals surface area contributed by atoms with E-state index in [1.54, 1.807) is 19.9 Å². The summed E-state index contributed by atoms with van der Waals surface area (Å²) in [5.41, 5.74) is 1.34. The van der Waals surface area contributed by atoms with Gasteiger partial charge in [0.1, 0.15) is 0 Å². The molecule has 1 rings (SSSR count). The quantitative estimate of drug-likeness (QED) is 0.820. The van der Waals surface area contributed by atoms with Gasteiger partial charge in [0.05, 0.1) is 11.5 Å². The monoisotopic (exact) mass is 223 g/mol. The first kappa shape index (κ1) is 14.2. The van der Waals surface area contributed by atoms with Crippen LogP contribution in [0.5, 0.6) is 0 Å². The molecule has 0 aliphatic rings. The highest BCUT2D eigenvalue weighted by Crippen LogP contribution is 2.21. The lowest BCUT2D eigenvalue weighted by atomic mass is 9.93. The number of aryl methyl sites for hydroxylation is 2. The Hall–Kier alpha value is -1.84. The molecule has 0 atom stereocenters. The Bertz CT molecular complexity index is 409. The normalized spacial score (nSPS) is 9.44. The van der Waals surface area contributed by atoms with Gasteiger partial charge in [0.15, 0.2) is 0 Å². The largest absolute Gasteiger partial charge is 0.545 e. The number of carbonyl (C=O) groups excluding carboxylic acids is 1. The third kappa shape index (κ3) is 2.21. The third-order valence-electron chi connectivity index (χ3n) is 2.39. The number of hydrogen-bond donors (Lipinski definition) is 1. The van der Waals surface area contributed by atoms with Crippen molar-refractivity contribution in [3.05, 3.63) is 33.9 Å². The molecular weight excluding hydrogens is 208 g/mol. The van der Waals surface area contributed by atoms with Crippen molar-refractivity contribution in [2.45, 2.75) is 28.2 Å². The Morgan fingerprint density at radius 2 is 1.56 bits per heavy atom. The number of carboxylic acids is 2. The van der Waals surface area contributed by atoms with E-state index < -0.39 is 11.9 Å². The van der Waals surface area contributed by atoms with E-state index in [0.717, 1.165) is 0 Å². The zero-order valence-electron chi connectivity index (χ0n) is 8.75. The minimum absolute atomic E-state index is 0. The minimum Gasteiger partial charge on any atom is -0.545 e. The van der Waals surface area contributed by atoms with E-state index in [9.17, 15) is 14.7 Å². The molecule has 16 heavy (non-hydrogen) atoms. The summed E-state index contributed by atoms with van der Waals surface area (Å²) >= 11 is 0. The smallest absolute Gasteiger partial charge is 0.336 e. The van der Waals surface area contributed by atoms with Gasteiger partial charge in [-0.25, -0.2) is 4.79 Å². The van der Waals surface area contributed by atoms with E-state index in [-0.39, 0.29) is 24.1 Å². The number of carbonyl (C=O) groups is 2. The fraction of sp³-hybridized carbons (Fsp3) is 0.333. The summed E-state index contributed by atoms with van der Waals surface area (Å²) in [5.74, 6) is -2.46. The zero-order valence-corrected chi connectivity index (χ0v) is 8.75. The van der Waals surface area contributed by atoms with Crippen LogP contribution in [0.15, 0.2) is 6.07 Å². The SMILES string of the molecule is C.Cc1cc(C)c(C(=O)O)c(C)c1C(=O)[O-]. The molecule has 0 aliphatic heterocycles. The molecule has 0 saturated heterocycles. The fourth-order valence-corrected chi connectivity index (χ4v) is 1.83. The number of rotatable bonds is 2. The third-order valence-corrected chi connectivity index (χ3v) is 2.39. The van der Waals surface area contributed by atoms with Crippen molar-refractivity contribution < 1.29 is 19.8 Å². The Kier molecular flexibility index (Phi) is 4.24. The summed E-state index contributed by atoms with van der Waals surface area (Å²) < 4.78 is 0. The maximum atomic E-state index is 10.9. The van der Waals surface area contributed by atoms with Crippen LogP contribution in [0, 0.1) is 20.8 Å². The van der Waals surface area contributed by atoms with Gasteiger partial charge >= 0.3 is 5.97 Å². The maximum absolute atomic E-state index is 10.9. The summed E-state index contributed by atoms with van der Waals surface area (Å²) in [7, 11) is 0. The van der Waals surface area contributed by atoms with Gasteiger partial charge in [-0.2, -0.15) is 0 Å². The van der Waals surface area contributed by atoms with Gasteiger partial charge < -0.3 is 15.0 Å². The Balaban J connectivity index is 0.00000225. The molecule has 88 valence electrons. The predicted octanol–water partition coefficient (Wildman–Crippen LogP) is 1.31. The summed E-state index contributed by atoms with van der Waals surface area (Å²) in [6.45, 7) is 4.74. The van der Waals surface area contributed by atoms with E-state index in [2.05, 4.69) is 0 Å². The number of benzene rings is 1. The lowest BCUT2D eigenvalue weighted by Gasteiger charge is -2.15. The van der Waals surface area contributed by atoms with Gasteiger partial charge in [0, 0.05) is 5.56 Å². The van der Waals surface area contributed by atoms with Crippen LogP contribution < -0.4 is 5.11 Å². The van der Waals surface area contributed by atoms with E-state index in [4.69, 9.17) is 5.11 Å². The summed E-state index contributed by atoms with van der Waals surface area (Å²) in [5, 5.41) is 19.8. The van der Waals surface area contributed by atoms with Gasteiger partial charge in [-0.1, -0.05) is 13.5 Å². The molecular formula is C12H15O4-. The Morgan fingerprint density at radius 1 is 1.12 bits per heavy atom. The number of hydrogen-bond acceptors (Lipinski definition) is 3.